The summed E-state index contributed by atoms with van der Waals surface area (Å²) in [4.78, 5) is 0. The van der Waals surface area contributed by atoms with E-state index in [0.717, 1.165) is 31.3 Å². The highest BCUT2D eigenvalue weighted by molar-refractivity contribution is 5.31. The van der Waals surface area contributed by atoms with Crippen molar-refractivity contribution < 1.29 is 8.78 Å². The molecule has 0 bridgehead atoms. The lowest BCUT2D eigenvalue weighted by atomic mass is 10.0. The van der Waals surface area contributed by atoms with Crippen molar-refractivity contribution >= 4 is 0 Å². The van der Waals surface area contributed by atoms with Crippen LogP contribution >= 0.6 is 0 Å². The fourth-order valence-corrected chi connectivity index (χ4v) is 2.50. The average Bonchev–Trinajstić information content (AvgIpc) is 2.71. The van der Waals surface area contributed by atoms with Crippen LogP contribution in [-0.4, -0.2) is 11.1 Å². The summed E-state index contributed by atoms with van der Waals surface area (Å²) < 4.78 is 29.0. The maximum Gasteiger partial charge on any atom is 0.131 e. The molecule has 0 radical (unpaired) electrons. The number of aryl methyl sites for hydroxylation is 1. The average molecular weight is 248 g/mol. The van der Waals surface area contributed by atoms with Gasteiger partial charge >= 0.3 is 0 Å². The fourth-order valence-electron chi connectivity index (χ4n) is 2.50. The number of fused-ring (bicyclic) bond motifs is 1. The summed E-state index contributed by atoms with van der Waals surface area (Å²) in [7, 11) is 0. The third kappa shape index (κ3) is 1.93. The Morgan fingerprint density at radius 1 is 1.22 bits per heavy atom. The number of rotatable bonds is 1. The second kappa shape index (κ2) is 4.53. The van der Waals surface area contributed by atoms with E-state index in [1.807, 2.05) is 18.3 Å². The second-order valence-corrected chi connectivity index (χ2v) is 4.53. The predicted molar refractivity (Wildman–Crippen MR) is 65.3 cm³/mol. The lowest BCUT2D eigenvalue weighted by molar-refractivity contribution is 0.536. The Morgan fingerprint density at radius 2 is 2.11 bits per heavy atom. The molecular weight excluding hydrogens is 234 g/mol. The summed E-state index contributed by atoms with van der Waals surface area (Å²) in [5, 5.41) is 3.32. The zero-order valence-corrected chi connectivity index (χ0v) is 9.87. The Morgan fingerprint density at radius 3 is 2.94 bits per heavy atom. The van der Waals surface area contributed by atoms with Crippen molar-refractivity contribution in [1.82, 2.24) is 9.88 Å². The van der Waals surface area contributed by atoms with Gasteiger partial charge in [-0.3, -0.25) is 0 Å². The van der Waals surface area contributed by atoms with Crippen molar-refractivity contribution in [1.29, 1.82) is 0 Å². The van der Waals surface area contributed by atoms with Gasteiger partial charge in [0.05, 0.1) is 6.04 Å². The van der Waals surface area contributed by atoms with E-state index >= 15 is 0 Å². The Balaban J connectivity index is 2.06. The van der Waals surface area contributed by atoms with E-state index < -0.39 is 11.6 Å². The van der Waals surface area contributed by atoms with Crippen molar-refractivity contribution in [3.63, 3.8) is 0 Å². The molecule has 4 heteroatoms. The number of nitrogens with one attached hydrogen (secondary N) is 1. The van der Waals surface area contributed by atoms with Gasteiger partial charge in [0.25, 0.3) is 0 Å². The number of aromatic nitrogens is 1. The van der Waals surface area contributed by atoms with E-state index in [2.05, 4.69) is 9.88 Å². The molecule has 3 rings (SSSR count). The largest absolute Gasteiger partial charge is 0.350 e. The zero-order chi connectivity index (χ0) is 12.5. The summed E-state index contributed by atoms with van der Waals surface area (Å²) in [6.45, 7) is 1.75. The first-order valence-electron chi connectivity index (χ1n) is 6.09. The molecule has 0 saturated heterocycles. The van der Waals surface area contributed by atoms with Gasteiger partial charge in [-0.25, -0.2) is 8.78 Å². The third-order valence-corrected chi connectivity index (χ3v) is 3.36. The lowest BCUT2D eigenvalue weighted by Crippen LogP contribution is -2.23. The topological polar surface area (TPSA) is 17.0 Å². The monoisotopic (exact) mass is 248 g/mol. The first-order valence-corrected chi connectivity index (χ1v) is 6.09. The van der Waals surface area contributed by atoms with Crippen LogP contribution in [0.4, 0.5) is 8.78 Å². The van der Waals surface area contributed by atoms with Gasteiger partial charge < -0.3 is 9.88 Å². The van der Waals surface area contributed by atoms with Crippen LogP contribution in [0.5, 0.6) is 0 Å². The van der Waals surface area contributed by atoms with Gasteiger partial charge in [-0.1, -0.05) is 6.07 Å². The molecule has 1 aliphatic rings. The molecule has 94 valence electrons. The van der Waals surface area contributed by atoms with Crippen LogP contribution in [0.15, 0.2) is 36.5 Å². The Bertz CT molecular complexity index is 563. The van der Waals surface area contributed by atoms with Crippen LogP contribution in [0.2, 0.25) is 0 Å². The molecule has 1 aromatic heterocycles. The standard InChI is InChI=1S/C14H14F2N2/c15-10-4-5-11(12(16)9-10)14-13-3-1-7-18(13)8-2-6-17-14/h1,3-5,7,9,14,17H,2,6,8H2. The molecule has 0 spiro atoms. The van der Waals surface area contributed by atoms with Crippen LogP contribution in [0.25, 0.3) is 0 Å². The lowest BCUT2D eigenvalue weighted by Gasteiger charge is -2.18. The number of hydrogen-bond acceptors (Lipinski definition) is 1. The van der Waals surface area contributed by atoms with Gasteiger partial charge in [-0.15, -0.1) is 0 Å². The van der Waals surface area contributed by atoms with Gasteiger partial charge in [0.2, 0.25) is 0 Å². The molecule has 0 fully saturated rings. The molecule has 1 atom stereocenters. The van der Waals surface area contributed by atoms with Crippen LogP contribution in [-0.2, 0) is 6.54 Å². The summed E-state index contributed by atoms with van der Waals surface area (Å²) in [5.41, 5.74) is 1.52. The van der Waals surface area contributed by atoms with Crippen molar-refractivity contribution in [2.45, 2.75) is 19.0 Å². The summed E-state index contributed by atoms with van der Waals surface area (Å²) >= 11 is 0. The Hall–Kier alpha value is -1.68. The van der Waals surface area contributed by atoms with Crippen LogP contribution in [0.3, 0.4) is 0 Å². The minimum Gasteiger partial charge on any atom is -0.350 e. The van der Waals surface area contributed by atoms with Crippen LogP contribution in [0, 0.1) is 11.6 Å². The van der Waals surface area contributed by atoms with Crippen molar-refractivity contribution in [3.05, 3.63) is 59.4 Å². The number of hydrogen-bond donors (Lipinski definition) is 1. The molecule has 0 aliphatic carbocycles. The Labute approximate surface area is 104 Å². The van der Waals surface area contributed by atoms with Crippen molar-refractivity contribution in [3.8, 4) is 0 Å². The molecule has 1 unspecified atom stereocenters. The first-order chi connectivity index (χ1) is 8.75. The number of benzene rings is 1. The summed E-state index contributed by atoms with van der Waals surface area (Å²) in [5.74, 6) is -1.04. The zero-order valence-electron chi connectivity index (χ0n) is 9.87. The number of halogens is 2. The van der Waals surface area contributed by atoms with E-state index in [0.29, 0.717) is 5.56 Å². The normalized spacial score (nSPS) is 19.3. The van der Waals surface area contributed by atoms with E-state index in [1.165, 1.54) is 12.1 Å². The molecule has 1 N–H and O–H groups in total. The smallest absolute Gasteiger partial charge is 0.131 e. The minimum atomic E-state index is -0.541. The van der Waals surface area contributed by atoms with Gasteiger partial charge in [0.15, 0.2) is 0 Å². The van der Waals surface area contributed by atoms with E-state index in [1.54, 1.807) is 0 Å². The van der Waals surface area contributed by atoms with Gasteiger partial charge in [0.1, 0.15) is 11.6 Å². The van der Waals surface area contributed by atoms with E-state index in [4.69, 9.17) is 0 Å². The van der Waals surface area contributed by atoms with Crippen molar-refractivity contribution in [2.75, 3.05) is 6.54 Å². The molecule has 0 amide bonds. The highest BCUT2D eigenvalue weighted by Gasteiger charge is 2.22. The molecule has 2 heterocycles. The van der Waals surface area contributed by atoms with Gasteiger partial charge in [-0.05, 0) is 31.2 Å². The highest BCUT2D eigenvalue weighted by Crippen LogP contribution is 2.27. The number of nitrogens with zero attached hydrogens (tertiary/aromatic N) is 1. The summed E-state index contributed by atoms with van der Waals surface area (Å²) in [6, 6.07) is 7.49. The molecule has 2 aromatic rings. The maximum absolute atomic E-state index is 13.9. The molecule has 1 aliphatic heterocycles. The third-order valence-electron chi connectivity index (χ3n) is 3.36. The maximum atomic E-state index is 13.9. The first kappa shape index (κ1) is 11.4. The minimum absolute atomic E-state index is 0.205. The molecule has 1 aromatic carbocycles. The fraction of sp³-hybridized carbons (Fsp3) is 0.286. The molecule has 2 nitrogen and oxygen atoms in total. The highest BCUT2D eigenvalue weighted by atomic mass is 19.1. The van der Waals surface area contributed by atoms with E-state index in [9.17, 15) is 8.78 Å². The van der Waals surface area contributed by atoms with Crippen LogP contribution < -0.4 is 5.32 Å². The molecular formula is C14H14F2N2. The van der Waals surface area contributed by atoms with Crippen molar-refractivity contribution in [2.24, 2.45) is 0 Å². The second-order valence-electron chi connectivity index (χ2n) is 4.53. The van der Waals surface area contributed by atoms with Gasteiger partial charge in [0, 0.05) is 30.1 Å². The summed E-state index contributed by atoms with van der Waals surface area (Å²) in [6.07, 6.45) is 3.00. The molecule has 18 heavy (non-hydrogen) atoms. The van der Waals surface area contributed by atoms with Crippen LogP contribution in [0.1, 0.15) is 23.7 Å². The Kier molecular flexibility index (Phi) is 2.88. The van der Waals surface area contributed by atoms with Gasteiger partial charge in [-0.2, -0.15) is 0 Å². The quantitative estimate of drug-likeness (QED) is 0.821. The predicted octanol–water partition coefficient (Wildman–Crippen LogP) is 2.85. The molecule has 0 saturated carbocycles. The SMILES string of the molecule is Fc1ccc(C2NCCCn3cccc32)c(F)c1. The van der Waals surface area contributed by atoms with E-state index in [-0.39, 0.29) is 6.04 Å².